The highest BCUT2D eigenvalue weighted by Gasteiger charge is 2.37. The van der Waals surface area contributed by atoms with E-state index in [1.807, 2.05) is 0 Å². The number of anilines is 1. The van der Waals surface area contributed by atoms with Crippen molar-refractivity contribution in [2.24, 2.45) is 0 Å². The molecule has 90 valence electrons. The maximum absolute atomic E-state index is 11.9. The molecule has 1 aromatic rings. The lowest BCUT2D eigenvalue weighted by atomic mass is 10.2. The summed E-state index contributed by atoms with van der Waals surface area (Å²) in [5.41, 5.74) is 0.768. The molecule has 1 N–H and O–H groups in total. The number of likely N-dealkylation sites (tertiary alicyclic amines) is 1. The zero-order valence-corrected chi connectivity index (χ0v) is 10.9. The molecular weight excluding hydrogens is 286 g/mol. The molecule has 1 atom stereocenters. The van der Waals surface area contributed by atoms with E-state index in [4.69, 9.17) is 0 Å². The lowest BCUT2D eigenvalue weighted by Gasteiger charge is -2.14. The Hall–Kier alpha value is -1.43. The minimum atomic E-state index is -0.471. The van der Waals surface area contributed by atoms with E-state index in [-0.39, 0.29) is 18.2 Å². The summed E-state index contributed by atoms with van der Waals surface area (Å²) in [5.74, 6) is -0.290. The van der Waals surface area contributed by atoms with Crippen molar-refractivity contribution in [2.45, 2.75) is 19.4 Å². The number of hydrogen-bond acceptors (Lipinski definition) is 4. The number of likely N-dealkylation sites (N-methyl/N-ethyl adjacent to an activating group) is 1. The molecule has 0 aromatic carbocycles. The first-order valence-corrected chi connectivity index (χ1v) is 6.13. The molecule has 0 saturated carbocycles. The van der Waals surface area contributed by atoms with E-state index >= 15 is 0 Å². The van der Waals surface area contributed by atoms with Crippen LogP contribution < -0.4 is 5.32 Å². The second-order valence-electron chi connectivity index (χ2n) is 3.73. The van der Waals surface area contributed by atoms with Gasteiger partial charge in [0, 0.05) is 18.9 Å². The van der Waals surface area contributed by atoms with Gasteiger partial charge in [-0.15, -0.1) is 0 Å². The third-order valence-electron chi connectivity index (χ3n) is 2.66. The standard InChI is InChI=1S/C11H12BrN3O2/c1-2-15-10(16)5-9(11(15)17)14-8-3-4-13-6-7(8)12/h3-4,6,9H,2,5H2,1H3,(H,13,14). The first-order chi connectivity index (χ1) is 8.13. The molecule has 2 heterocycles. The Balaban J connectivity index is 2.14. The van der Waals surface area contributed by atoms with Gasteiger partial charge in [-0.25, -0.2) is 0 Å². The van der Waals surface area contributed by atoms with Gasteiger partial charge in [0.15, 0.2) is 0 Å². The van der Waals surface area contributed by atoms with Crippen molar-refractivity contribution in [1.82, 2.24) is 9.88 Å². The van der Waals surface area contributed by atoms with E-state index < -0.39 is 6.04 Å². The second-order valence-corrected chi connectivity index (χ2v) is 4.59. The summed E-state index contributed by atoms with van der Waals surface area (Å²) < 4.78 is 0.773. The van der Waals surface area contributed by atoms with Crippen LogP contribution in [0.15, 0.2) is 22.9 Å². The Bertz CT molecular complexity index is 464. The minimum absolute atomic E-state index is 0.125. The van der Waals surface area contributed by atoms with Gasteiger partial charge in [0.2, 0.25) is 5.91 Å². The summed E-state index contributed by atoms with van der Waals surface area (Å²) in [6.07, 6.45) is 3.48. The number of pyridine rings is 1. The fourth-order valence-corrected chi connectivity index (χ4v) is 2.17. The lowest BCUT2D eigenvalue weighted by Crippen LogP contribution is -2.34. The molecule has 1 aromatic heterocycles. The first-order valence-electron chi connectivity index (χ1n) is 5.33. The van der Waals surface area contributed by atoms with Crippen molar-refractivity contribution in [3.8, 4) is 0 Å². The molecule has 5 nitrogen and oxygen atoms in total. The van der Waals surface area contributed by atoms with Gasteiger partial charge >= 0.3 is 0 Å². The summed E-state index contributed by atoms with van der Waals surface area (Å²) in [7, 11) is 0. The van der Waals surface area contributed by atoms with Gasteiger partial charge in [0.1, 0.15) is 6.04 Å². The average molecular weight is 298 g/mol. The van der Waals surface area contributed by atoms with E-state index in [2.05, 4.69) is 26.2 Å². The Morgan fingerprint density at radius 3 is 2.94 bits per heavy atom. The number of rotatable bonds is 3. The fraction of sp³-hybridized carbons (Fsp3) is 0.364. The summed E-state index contributed by atoms with van der Waals surface area (Å²) in [5, 5.41) is 3.05. The quantitative estimate of drug-likeness (QED) is 0.857. The van der Waals surface area contributed by atoms with Crippen molar-refractivity contribution in [3.05, 3.63) is 22.9 Å². The highest BCUT2D eigenvalue weighted by Crippen LogP contribution is 2.24. The molecule has 6 heteroatoms. The van der Waals surface area contributed by atoms with Crippen molar-refractivity contribution in [3.63, 3.8) is 0 Å². The van der Waals surface area contributed by atoms with E-state index in [1.54, 1.807) is 25.4 Å². The average Bonchev–Trinajstić information content (AvgIpc) is 2.57. The maximum Gasteiger partial charge on any atom is 0.252 e. The van der Waals surface area contributed by atoms with Gasteiger partial charge in [-0.1, -0.05) is 0 Å². The topological polar surface area (TPSA) is 62.3 Å². The molecule has 0 aliphatic carbocycles. The predicted octanol–water partition coefficient (Wildman–Crippen LogP) is 1.40. The van der Waals surface area contributed by atoms with Crippen LogP contribution >= 0.6 is 15.9 Å². The molecule has 1 aliphatic heterocycles. The molecule has 1 unspecified atom stereocenters. The van der Waals surface area contributed by atoms with Crippen LogP contribution in [0.25, 0.3) is 0 Å². The van der Waals surface area contributed by atoms with Crippen LogP contribution in [0.1, 0.15) is 13.3 Å². The molecular formula is C11H12BrN3O2. The van der Waals surface area contributed by atoms with E-state index in [9.17, 15) is 9.59 Å². The summed E-state index contributed by atoms with van der Waals surface area (Å²) in [4.78, 5) is 28.6. The van der Waals surface area contributed by atoms with Gasteiger partial charge in [-0.05, 0) is 28.9 Å². The van der Waals surface area contributed by atoms with Crippen molar-refractivity contribution < 1.29 is 9.59 Å². The second kappa shape index (κ2) is 4.83. The molecule has 0 bridgehead atoms. The third-order valence-corrected chi connectivity index (χ3v) is 3.29. The summed E-state index contributed by atoms with van der Waals surface area (Å²) in [6, 6.07) is 1.29. The number of carbonyl (C=O) groups excluding carboxylic acids is 2. The monoisotopic (exact) mass is 297 g/mol. The first kappa shape index (κ1) is 12.0. The van der Waals surface area contributed by atoms with Crippen molar-refractivity contribution in [2.75, 3.05) is 11.9 Å². The lowest BCUT2D eigenvalue weighted by molar-refractivity contribution is -0.138. The number of nitrogens with one attached hydrogen (secondary N) is 1. The number of amides is 2. The Kier molecular flexibility index (Phi) is 3.42. The predicted molar refractivity (Wildman–Crippen MR) is 66.4 cm³/mol. The van der Waals surface area contributed by atoms with Gasteiger partial charge in [0.25, 0.3) is 5.91 Å². The SMILES string of the molecule is CCN1C(=O)CC(Nc2ccncc2Br)C1=O. The molecule has 0 spiro atoms. The molecule has 2 rings (SSSR count). The van der Waals surface area contributed by atoms with Crippen LogP contribution in [0.4, 0.5) is 5.69 Å². The Morgan fingerprint density at radius 1 is 1.59 bits per heavy atom. The van der Waals surface area contributed by atoms with E-state index in [1.165, 1.54) is 4.90 Å². The number of aromatic nitrogens is 1. The van der Waals surface area contributed by atoms with E-state index in [0.29, 0.717) is 6.54 Å². The fourth-order valence-electron chi connectivity index (χ4n) is 1.81. The minimum Gasteiger partial charge on any atom is -0.372 e. The van der Waals surface area contributed by atoms with Gasteiger partial charge in [-0.3, -0.25) is 19.5 Å². The molecule has 1 fully saturated rings. The van der Waals surface area contributed by atoms with Gasteiger partial charge in [-0.2, -0.15) is 0 Å². The van der Waals surface area contributed by atoms with E-state index in [0.717, 1.165) is 10.2 Å². The summed E-state index contributed by atoms with van der Waals surface area (Å²) in [6.45, 7) is 2.22. The summed E-state index contributed by atoms with van der Waals surface area (Å²) >= 11 is 3.34. The number of imide groups is 1. The van der Waals surface area contributed by atoms with Crippen LogP contribution in [0.3, 0.4) is 0 Å². The smallest absolute Gasteiger partial charge is 0.252 e. The number of hydrogen-bond donors (Lipinski definition) is 1. The van der Waals surface area contributed by atoms with Crippen molar-refractivity contribution in [1.29, 1.82) is 0 Å². The molecule has 1 aliphatic rings. The molecule has 1 saturated heterocycles. The van der Waals surface area contributed by atoms with Crippen LogP contribution in [0.5, 0.6) is 0 Å². The van der Waals surface area contributed by atoms with Gasteiger partial charge in [0.05, 0.1) is 16.6 Å². The molecule has 17 heavy (non-hydrogen) atoms. The number of carbonyl (C=O) groups is 2. The highest BCUT2D eigenvalue weighted by atomic mass is 79.9. The van der Waals surface area contributed by atoms with Crippen LogP contribution in [0.2, 0.25) is 0 Å². The Labute approximate surface area is 107 Å². The largest absolute Gasteiger partial charge is 0.372 e. The number of nitrogens with zero attached hydrogens (tertiary/aromatic N) is 2. The van der Waals surface area contributed by atoms with Crippen LogP contribution in [0, 0.1) is 0 Å². The third kappa shape index (κ3) is 2.31. The normalized spacial score (nSPS) is 19.9. The van der Waals surface area contributed by atoms with Crippen LogP contribution in [-0.4, -0.2) is 34.3 Å². The van der Waals surface area contributed by atoms with Crippen LogP contribution in [-0.2, 0) is 9.59 Å². The highest BCUT2D eigenvalue weighted by molar-refractivity contribution is 9.10. The molecule has 2 amide bonds. The zero-order valence-electron chi connectivity index (χ0n) is 9.31. The maximum atomic E-state index is 11.9. The zero-order chi connectivity index (χ0) is 12.4. The number of halogens is 1. The van der Waals surface area contributed by atoms with Gasteiger partial charge < -0.3 is 5.32 Å². The van der Waals surface area contributed by atoms with Crippen molar-refractivity contribution >= 4 is 33.4 Å². The molecule has 0 radical (unpaired) electrons. The Morgan fingerprint density at radius 2 is 2.35 bits per heavy atom.